The molecule has 31 heavy (non-hydrogen) atoms. The molecule has 3 amide bonds. The number of halogens is 1. The van der Waals surface area contributed by atoms with Crippen molar-refractivity contribution >= 4 is 49.1 Å². The number of hydrogen-bond acceptors (Lipinski definition) is 8. The molecule has 2 N–H and O–H groups in total. The monoisotopic (exact) mass is 505 g/mol. The second kappa shape index (κ2) is 8.97. The Kier molecular flexibility index (Phi) is 6.36. The minimum atomic E-state index is -3.96. The van der Waals surface area contributed by atoms with Crippen molar-refractivity contribution in [2.24, 2.45) is 0 Å². The average Bonchev–Trinajstić information content (AvgIpc) is 2.74. The molecule has 0 fully saturated rings. The van der Waals surface area contributed by atoms with E-state index in [-0.39, 0.29) is 21.3 Å². The Labute approximate surface area is 183 Å². The minimum Gasteiger partial charge on any atom is -0.308 e. The van der Waals surface area contributed by atoms with Crippen LogP contribution in [0.2, 0.25) is 0 Å². The third kappa shape index (κ3) is 5.07. The van der Waals surface area contributed by atoms with E-state index < -0.39 is 32.4 Å². The molecule has 0 spiro atoms. The Morgan fingerprint density at radius 1 is 1.00 bits per heavy atom. The van der Waals surface area contributed by atoms with Crippen LogP contribution in [0.3, 0.4) is 0 Å². The summed E-state index contributed by atoms with van der Waals surface area (Å²) in [6, 6.07) is 9.31. The van der Waals surface area contributed by atoms with Gasteiger partial charge < -0.3 is 5.32 Å². The van der Waals surface area contributed by atoms with Crippen molar-refractivity contribution in [2.75, 3.05) is 5.32 Å². The first-order chi connectivity index (χ1) is 14.7. The van der Waals surface area contributed by atoms with Gasteiger partial charge in [0.2, 0.25) is 9.84 Å². The van der Waals surface area contributed by atoms with E-state index in [1.54, 1.807) is 0 Å². The first kappa shape index (κ1) is 22.0. The number of amides is 3. The van der Waals surface area contributed by atoms with E-state index in [1.807, 2.05) is 5.32 Å². The summed E-state index contributed by atoms with van der Waals surface area (Å²) < 4.78 is 25.6. The fraction of sp³-hybridized carbons (Fsp3) is 0. The molecule has 158 valence electrons. The summed E-state index contributed by atoms with van der Waals surface area (Å²) in [5, 5.41) is 14.9. The second-order valence-corrected chi connectivity index (χ2v) is 8.65. The summed E-state index contributed by atoms with van der Waals surface area (Å²) in [4.78, 5) is 41.9. The highest BCUT2D eigenvalue weighted by molar-refractivity contribution is 9.10. The van der Waals surface area contributed by atoms with Crippen LogP contribution in [-0.4, -0.2) is 35.2 Å². The second-order valence-electron chi connectivity index (χ2n) is 5.89. The van der Waals surface area contributed by atoms with Gasteiger partial charge in [-0.05, 0) is 46.3 Å². The molecule has 1 aromatic heterocycles. The smallest absolute Gasteiger partial charge is 0.308 e. The van der Waals surface area contributed by atoms with Crippen LogP contribution < -0.4 is 10.6 Å². The third-order valence-corrected chi connectivity index (χ3v) is 5.83. The predicted molar refractivity (Wildman–Crippen MR) is 111 cm³/mol. The highest BCUT2D eigenvalue weighted by Crippen LogP contribution is 2.21. The Morgan fingerprint density at radius 2 is 1.61 bits per heavy atom. The molecule has 0 bridgehead atoms. The van der Waals surface area contributed by atoms with E-state index in [2.05, 4.69) is 31.2 Å². The van der Waals surface area contributed by atoms with Crippen LogP contribution in [0.5, 0.6) is 0 Å². The maximum absolute atomic E-state index is 12.5. The molecule has 0 unspecified atom stereocenters. The standard InChI is InChI=1S/C18H12BrN5O6S/c19-11-9-20-18(21-10-11)31(29,30)13-7-5-12(6-8-13)22-17(26)23-16(25)14-3-1-2-4-15(14)24(27)28/h1-10H,(H2,22,23,25,26). The molecule has 0 radical (unpaired) electrons. The summed E-state index contributed by atoms with van der Waals surface area (Å²) in [6.45, 7) is 0. The molecule has 0 aliphatic heterocycles. The number of aromatic nitrogens is 2. The zero-order chi connectivity index (χ0) is 22.6. The molecular weight excluding hydrogens is 494 g/mol. The summed E-state index contributed by atoms with van der Waals surface area (Å²) in [5.74, 6) is -0.962. The number of nitrogens with zero attached hydrogens (tertiary/aromatic N) is 3. The van der Waals surface area contributed by atoms with Gasteiger partial charge in [-0.25, -0.2) is 23.2 Å². The number of rotatable bonds is 5. The van der Waals surface area contributed by atoms with Gasteiger partial charge in [-0.2, -0.15) is 0 Å². The summed E-state index contributed by atoms with van der Waals surface area (Å²) in [5.41, 5.74) is -0.542. The number of anilines is 1. The lowest BCUT2D eigenvalue weighted by Crippen LogP contribution is -2.34. The number of urea groups is 1. The molecule has 2 aromatic carbocycles. The number of carbonyl (C=O) groups excluding carboxylic acids is 2. The normalized spacial score (nSPS) is 10.9. The first-order valence-electron chi connectivity index (χ1n) is 8.37. The molecule has 13 heteroatoms. The molecule has 0 aliphatic rings. The van der Waals surface area contributed by atoms with Crippen molar-refractivity contribution in [2.45, 2.75) is 10.1 Å². The molecule has 11 nitrogen and oxygen atoms in total. The first-order valence-corrected chi connectivity index (χ1v) is 10.6. The molecule has 3 aromatic rings. The van der Waals surface area contributed by atoms with Gasteiger partial charge in [0.15, 0.2) is 0 Å². The lowest BCUT2D eigenvalue weighted by atomic mass is 10.1. The molecule has 0 aliphatic carbocycles. The number of nitrogens with one attached hydrogen (secondary N) is 2. The van der Waals surface area contributed by atoms with Crippen molar-refractivity contribution < 1.29 is 22.9 Å². The average molecular weight is 506 g/mol. The lowest BCUT2D eigenvalue weighted by molar-refractivity contribution is -0.385. The van der Waals surface area contributed by atoms with Gasteiger partial charge in [0.05, 0.1) is 14.3 Å². The predicted octanol–water partition coefficient (Wildman–Crippen LogP) is 2.94. The van der Waals surface area contributed by atoms with Crippen LogP contribution in [0.1, 0.15) is 10.4 Å². The SMILES string of the molecule is O=C(NC(=O)c1ccccc1[N+](=O)[O-])Nc1ccc(S(=O)(=O)c2ncc(Br)cn2)cc1. The zero-order valence-corrected chi connectivity index (χ0v) is 17.8. The van der Waals surface area contributed by atoms with Crippen molar-refractivity contribution in [1.29, 1.82) is 0 Å². The maximum atomic E-state index is 12.5. The maximum Gasteiger partial charge on any atom is 0.326 e. The summed E-state index contributed by atoms with van der Waals surface area (Å²) in [7, 11) is -3.96. The number of para-hydroxylation sites is 1. The Morgan fingerprint density at radius 3 is 2.23 bits per heavy atom. The van der Waals surface area contributed by atoms with E-state index >= 15 is 0 Å². The van der Waals surface area contributed by atoms with Crippen LogP contribution in [-0.2, 0) is 9.84 Å². The summed E-state index contributed by atoms with van der Waals surface area (Å²) >= 11 is 3.12. The molecule has 0 saturated carbocycles. The van der Waals surface area contributed by atoms with Crippen molar-refractivity contribution in [3.8, 4) is 0 Å². The van der Waals surface area contributed by atoms with E-state index in [9.17, 15) is 28.1 Å². The number of hydrogen-bond donors (Lipinski definition) is 2. The quantitative estimate of drug-likeness (QED) is 0.303. The van der Waals surface area contributed by atoms with Crippen LogP contribution >= 0.6 is 15.9 Å². The minimum absolute atomic E-state index is 0.100. The van der Waals surface area contributed by atoms with Gasteiger partial charge >= 0.3 is 6.03 Å². The van der Waals surface area contributed by atoms with Crippen molar-refractivity contribution in [1.82, 2.24) is 15.3 Å². The van der Waals surface area contributed by atoms with Gasteiger partial charge in [-0.1, -0.05) is 12.1 Å². The largest absolute Gasteiger partial charge is 0.326 e. The van der Waals surface area contributed by atoms with Crippen LogP contribution in [0.15, 0.2) is 75.4 Å². The number of nitro benzene ring substituents is 1. The Bertz CT molecular complexity index is 1260. The van der Waals surface area contributed by atoms with Crippen LogP contribution in [0, 0.1) is 10.1 Å². The molecule has 0 saturated heterocycles. The number of sulfone groups is 1. The van der Waals surface area contributed by atoms with E-state index in [0.717, 1.165) is 6.07 Å². The molecule has 3 rings (SSSR count). The molecular formula is C18H12BrN5O6S. The fourth-order valence-corrected chi connectivity index (χ4v) is 3.71. The van der Waals surface area contributed by atoms with Gasteiger partial charge in [-0.15, -0.1) is 0 Å². The van der Waals surface area contributed by atoms with Gasteiger partial charge in [0.25, 0.3) is 16.8 Å². The number of imide groups is 1. The van der Waals surface area contributed by atoms with Gasteiger partial charge in [0, 0.05) is 24.1 Å². The van der Waals surface area contributed by atoms with E-state index in [4.69, 9.17) is 0 Å². The van der Waals surface area contributed by atoms with Gasteiger partial charge in [-0.3, -0.25) is 20.2 Å². The third-order valence-electron chi connectivity index (χ3n) is 3.83. The van der Waals surface area contributed by atoms with Crippen LogP contribution in [0.25, 0.3) is 0 Å². The van der Waals surface area contributed by atoms with Crippen LogP contribution in [0.4, 0.5) is 16.2 Å². The lowest BCUT2D eigenvalue weighted by Gasteiger charge is -2.08. The Balaban J connectivity index is 1.70. The highest BCUT2D eigenvalue weighted by Gasteiger charge is 2.22. The van der Waals surface area contributed by atoms with E-state index in [1.165, 1.54) is 54.9 Å². The number of benzene rings is 2. The molecule has 0 atom stereocenters. The van der Waals surface area contributed by atoms with E-state index in [0.29, 0.717) is 4.47 Å². The van der Waals surface area contributed by atoms with Gasteiger partial charge in [0.1, 0.15) is 5.56 Å². The Hall–Kier alpha value is -3.71. The van der Waals surface area contributed by atoms with Crippen molar-refractivity contribution in [3.05, 3.63) is 81.1 Å². The summed E-state index contributed by atoms with van der Waals surface area (Å²) in [6.07, 6.45) is 2.60. The topological polar surface area (TPSA) is 161 Å². The number of nitro groups is 1. The molecule has 1 heterocycles. The zero-order valence-electron chi connectivity index (χ0n) is 15.4. The van der Waals surface area contributed by atoms with Crippen molar-refractivity contribution in [3.63, 3.8) is 0 Å². The fourth-order valence-electron chi connectivity index (χ4n) is 2.42. The highest BCUT2D eigenvalue weighted by atomic mass is 79.9. The number of carbonyl (C=O) groups is 2.